The Morgan fingerprint density at radius 2 is 2.00 bits per heavy atom. The fourth-order valence-electron chi connectivity index (χ4n) is 4.62. The zero-order chi connectivity index (χ0) is 19.3. The number of aryl methyl sites for hydroxylation is 1. The summed E-state index contributed by atoms with van der Waals surface area (Å²) in [6, 6.07) is 2.58. The Kier molecular flexibility index (Phi) is 4.07. The van der Waals surface area contributed by atoms with Crippen LogP contribution in [0.4, 0.5) is 0 Å². The zero-order valence-corrected chi connectivity index (χ0v) is 16.0. The summed E-state index contributed by atoms with van der Waals surface area (Å²) in [5.41, 5.74) is 2.98. The van der Waals surface area contributed by atoms with Crippen LogP contribution in [0.25, 0.3) is 11.1 Å². The van der Waals surface area contributed by atoms with E-state index in [9.17, 15) is 4.79 Å². The number of piperazine rings is 1. The number of rotatable bonds is 4. The zero-order valence-electron chi connectivity index (χ0n) is 16.0. The van der Waals surface area contributed by atoms with E-state index in [0.717, 1.165) is 67.8 Å². The maximum Gasteiger partial charge on any atom is 0.226 e. The molecule has 146 valence electrons. The van der Waals surface area contributed by atoms with E-state index in [2.05, 4.69) is 30.9 Å². The van der Waals surface area contributed by atoms with Gasteiger partial charge in [-0.05, 0) is 31.7 Å². The van der Waals surface area contributed by atoms with Crippen LogP contribution < -0.4 is 0 Å². The number of amidine groups is 1. The molecule has 2 aromatic heterocycles. The number of hydrogen-bond donors (Lipinski definition) is 2. The highest BCUT2D eigenvalue weighted by molar-refractivity contribution is 6.02. The standard InChI is InChI=1S/C20H25N7O/c1-25-9-15(8-24-25)14-6-18(22-7-14)19(23-12-21)26-10-16-4-5-17(11-26)27(16)20(28)13-2-3-13/h6-9,12-13,16-17,21-22H,2-5,10-11H2,1H3. The second kappa shape index (κ2) is 6.61. The Bertz CT molecular complexity index is 924. The SMILES string of the molecule is Cn1cc(-c2c[nH]c(C(=NC=N)N3CC4CCC(C3)N4C(=O)C3CC3)c2)cn1. The summed E-state index contributed by atoms with van der Waals surface area (Å²) >= 11 is 0. The first-order valence-electron chi connectivity index (χ1n) is 9.95. The van der Waals surface area contributed by atoms with Gasteiger partial charge < -0.3 is 14.8 Å². The Balaban J connectivity index is 1.38. The molecule has 3 aliphatic rings. The van der Waals surface area contributed by atoms with Crippen LogP contribution in [-0.2, 0) is 11.8 Å². The van der Waals surface area contributed by atoms with Gasteiger partial charge in [-0.2, -0.15) is 5.10 Å². The third-order valence-electron chi connectivity index (χ3n) is 6.11. The molecule has 5 rings (SSSR count). The number of aliphatic imine (C=N–C) groups is 1. The molecule has 1 saturated carbocycles. The van der Waals surface area contributed by atoms with E-state index in [-0.39, 0.29) is 18.0 Å². The molecule has 2 atom stereocenters. The quantitative estimate of drug-likeness (QED) is 0.627. The molecule has 2 bridgehead atoms. The normalized spacial score (nSPS) is 24.7. The lowest BCUT2D eigenvalue weighted by Gasteiger charge is -2.42. The summed E-state index contributed by atoms with van der Waals surface area (Å²) in [5, 5.41) is 11.8. The van der Waals surface area contributed by atoms with E-state index in [0.29, 0.717) is 5.91 Å². The largest absolute Gasteiger partial charge is 0.358 e. The summed E-state index contributed by atoms with van der Waals surface area (Å²) in [4.78, 5) is 24.8. The number of hydrogen-bond acceptors (Lipinski definition) is 3. The van der Waals surface area contributed by atoms with E-state index in [1.165, 1.54) is 0 Å². The fourth-order valence-corrected chi connectivity index (χ4v) is 4.62. The van der Waals surface area contributed by atoms with Crippen molar-refractivity contribution in [1.82, 2.24) is 24.6 Å². The Labute approximate surface area is 163 Å². The van der Waals surface area contributed by atoms with Crippen molar-refractivity contribution >= 4 is 18.1 Å². The highest BCUT2D eigenvalue weighted by atomic mass is 16.2. The van der Waals surface area contributed by atoms with E-state index in [4.69, 9.17) is 5.41 Å². The number of H-pyrrole nitrogens is 1. The lowest BCUT2D eigenvalue weighted by Crippen LogP contribution is -2.57. The summed E-state index contributed by atoms with van der Waals surface area (Å²) < 4.78 is 1.78. The average molecular weight is 379 g/mol. The molecular weight excluding hydrogens is 354 g/mol. The molecule has 8 heteroatoms. The van der Waals surface area contributed by atoms with E-state index in [1.807, 2.05) is 25.6 Å². The lowest BCUT2D eigenvalue weighted by molar-refractivity contribution is -0.137. The number of fused-ring (bicyclic) bond motifs is 2. The number of nitrogens with one attached hydrogen (secondary N) is 2. The van der Waals surface area contributed by atoms with Crippen molar-refractivity contribution < 1.29 is 4.79 Å². The molecule has 28 heavy (non-hydrogen) atoms. The highest BCUT2D eigenvalue weighted by Gasteiger charge is 2.47. The molecule has 1 aliphatic carbocycles. The lowest BCUT2D eigenvalue weighted by atomic mass is 10.1. The van der Waals surface area contributed by atoms with Gasteiger partial charge in [0.15, 0.2) is 5.84 Å². The second-order valence-electron chi connectivity index (χ2n) is 8.10. The molecule has 2 N–H and O–H groups in total. The van der Waals surface area contributed by atoms with Gasteiger partial charge in [-0.1, -0.05) is 0 Å². The molecule has 2 unspecified atom stereocenters. The number of likely N-dealkylation sites (tertiary alicyclic amines) is 1. The van der Waals surface area contributed by atoms with Crippen LogP contribution in [0.5, 0.6) is 0 Å². The number of amides is 1. The number of nitrogens with zero attached hydrogens (tertiary/aromatic N) is 5. The minimum Gasteiger partial charge on any atom is -0.358 e. The van der Waals surface area contributed by atoms with Gasteiger partial charge in [0.25, 0.3) is 0 Å². The van der Waals surface area contributed by atoms with Crippen molar-refractivity contribution in [3.8, 4) is 11.1 Å². The summed E-state index contributed by atoms with van der Waals surface area (Å²) in [6.45, 7) is 1.56. The van der Waals surface area contributed by atoms with Gasteiger partial charge in [0.2, 0.25) is 5.91 Å². The van der Waals surface area contributed by atoms with Crippen LogP contribution in [0.1, 0.15) is 31.4 Å². The molecule has 8 nitrogen and oxygen atoms in total. The van der Waals surface area contributed by atoms with Crippen molar-refractivity contribution in [3.63, 3.8) is 0 Å². The molecule has 0 aromatic carbocycles. The molecule has 2 aliphatic heterocycles. The Morgan fingerprint density at radius 1 is 1.25 bits per heavy atom. The summed E-state index contributed by atoms with van der Waals surface area (Å²) in [6.07, 6.45) is 11.1. The first-order chi connectivity index (χ1) is 13.6. The van der Waals surface area contributed by atoms with E-state index >= 15 is 0 Å². The molecular formula is C20H25N7O. The topological polar surface area (TPSA) is 93.4 Å². The predicted molar refractivity (Wildman–Crippen MR) is 106 cm³/mol. The average Bonchev–Trinajstić information content (AvgIpc) is 3.17. The van der Waals surface area contributed by atoms with Crippen molar-refractivity contribution in [1.29, 1.82) is 5.41 Å². The summed E-state index contributed by atoms with van der Waals surface area (Å²) in [7, 11) is 1.90. The van der Waals surface area contributed by atoms with Crippen LogP contribution >= 0.6 is 0 Å². The van der Waals surface area contributed by atoms with Crippen LogP contribution in [0, 0.1) is 11.3 Å². The monoisotopic (exact) mass is 379 g/mol. The van der Waals surface area contributed by atoms with Crippen LogP contribution in [0.3, 0.4) is 0 Å². The van der Waals surface area contributed by atoms with Gasteiger partial charge in [0.05, 0.1) is 11.9 Å². The fraction of sp³-hybridized carbons (Fsp3) is 0.500. The van der Waals surface area contributed by atoms with Gasteiger partial charge in [-0.25, -0.2) is 4.99 Å². The number of carbonyl (C=O) groups is 1. The first-order valence-corrected chi connectivity index (χ1v) is 9.95. The molecule has 2 saturated heterocycles. The minimum atomic E-state index is 0.260. The molecule has 0 spiro atoms. The van der Waals surface area contributed by atoms with E-state index in [1.54, 1.807) is 4.68 Å². The molecule has 2 aromatic rings. The maximum absolute atomic E-state index is 12.7. The van der Waals surface area contributed by atoms with Gasteiger partial charge in [-0.3, -0.25) is 14.9 Å². The second-order valence-corrected chi connectivity index (χ2v) is 8.10. The van der Waals surface area contributed by atoms with Crippen molar-refractivity contribution in [2.24, 2.45) is 18.0 Å². The smallest absolute Gasteiger partial charge is 0.226 e. The number of aromatic nitrogens is 3. The molecule has 1 amide bonds. The third kappa shape index (κ3) is 2.93. The maximum atomic E-state index is 12.7. The summed E-state index contributed by atoms with van der Waals surface area (Å²) in [5.74, 6) is 1.41. The number of carbonyl (C=O) groups excluding carboxylic acids is 1. The Hall–Kier alpha value is -2.90. The minimum absolute atomic E-state index is 0.260. The van der Waals surface area contributed by atoms with Crippen LogP contribution in [-0.4, -0.2) is 67.8 Å². The van der Waals surface area contributed by atoms with Gasteiger partial charge in [0.1, 0.15) is 6.34 Å². The van der Waals surface area contributed by atoms with Gasteiger partial charge in [-0.15, -0.1) is 0 Å². The number of aromatic amines is 1. The van der Waals surface area contributed by atoms with Gasteiger partial charge in [0, 0.05) is 61.7 Å². The molecule has 4 heterocycles. The predicted octanol–water partition coefficient (Wildman–Crippen LogP) is 1.85. The molecule has 3 fully saturated rings. The van der Waals surface area contributed by atoms with Crippen LogP contribution in [0.2, 0.25) is 0 Å². The van der Waals surface area contributed by atoms with E-state index < -0.39 is 0 Å². The van der Waals surface area contributed by atoms with Crippen LogP contribution in [0.15, 0.2) is 29.6 Å². The first kappa shape index (κ1) is 17.2. The van der Waals surface area contributed by atoms with Crippen molar-refractivity contribution in [2.75, 3.05) is 13.1 Å². The van der Waals surface area contributed by atoms with Crippen molar-refractivity contribution in [2.45, 2.75) is 37.8 Å². The molecule has 0 radical (unpaired) electrons. The highest BCUT2D eigenvalue weighted by Crippen LogP contribution is 2.38. The van der Waals surface area contributed by atoms with Gasteiger partial charge >= 0.3 is 0 Å². The Morgan fingerprint density at radius 3 is 2.61 bits per heavy atom. The van der Waals surface area contributed by atoms with Crippen molar-refractivity contribution in [3.05, 3.63) is 30.4 Å². The third-order valence-corrected chi connectivity index (χ3v) is 6.11.